The lowest BCUT2D eigenvalue weighted by atomic mass is 10.0. The minimum absolute atomic E-state index is 0.0523. The van der Waals surface area contributed by atoms with Gasteiger partial charge < -0.3 is 9.84 Å². The van der Waals surface area contributed by atoms with Crippen LogP contribution in [-0.2, 0) is 16.6 Å². The predicted molar refractivity (Wildman–Crippen MR) is 103 cm³/mol. The molecule has 0 bridgehead atoms. The van der Waals surface area contributed by atoms with E-state index in [1.54, 1.807) is 31.2 Å². The lowest BCUT2D eigenvalue weighted by Gasteiger charge is -2.18. The van der Waals surface area contributed by atoms with Gasteiger partial charge in [-0.25, -0.2) is 8.42 Å². The van der Waals surface area contributed by atoms with E-state index in [1.165, 1.54) is 4.31 Å². The SMILES string of the molecule is CCN(CC)S(=O)(=O)c1ccc(CNC(=O)c2c(C)noc2C(C)C)cc1. The highest BCUT2D eigenvalue weighted by Gasteiger charge is 2.23. The topological polar surface area (TPSA) is 92.5 Å². The largest absolute Gasteiger partial charge is 0.360 e. The molecule has 1 heterocycles. The molecule has 0 atom stereocenters. The molecular formula is C19H27N3O4S. The molecule has 0 aliphatic heterocycles. The molecule has 0 fully saturated rings. The lowest BCUT2D eigenvalue weighted by molar-refractivity contribution is 0.0948. The van der Waals surface area contributed by atoms with Crippen molar-refractivity contribution in [1.29, 1.82) is 0 Å². The Kier molecular flexibility index (Phi) is 6.78. The monoisotopic (exact) mass is 393 g/mol. The van der Waals surface area contributed by atoms with Gasteiger partial charge in [0.25, 0.3) is 5.91 Å². The highest BCUT2D eigenvalue weighted by atomic mass is 32.2. The zero-order valence-corrected chi connectivity index (χ0v) is 17.3. The van der Waals surface area contributed by atoms with Gasteiger partial charge in [-0.1, -0.05) is 45.0 Å². The Morgan fingerprint density at radius 1 is 1.19 bits per heavy atom. The summed E-state index contributed by atoms with van der Waals surface area (Å²) in [5.41, 5.74) is 1.82. The average molecular weight is 394 g/mol. The summed E-state index contributed by atoms with van der Waals surface area (Å²) in [5, 5.41) is 6.72. The normalized spacial score (nSPS) is 12.0. The fraction of sp³-hybridized carbons (Fsp3) is 0.474. The second-order valence-electron chi connectivity index (χ2n) is 6.58. The van der Waals surface area contributed by atoms with E-state index < -0.39 is 10.0 Å². The number of carbonyl (C=O) groups excluding carboxylic acids is 1. The van der Waals surface area contributed by atoms with Crippen molar-refractivity contribution in [3.05, 3.63) is 46.8 Å². The Morgan fingerprint density at radius 3 is 2.30 bits per heavy atom. The fourth-order valence-corrected chi connectivity index (χ4v) is 4.28. The third kappa shape index (κ3) is 4.56. The molecule has 0 radical (unpaired) electrons. The van der Waals surface area contributed by atoms with E-state index in [2.05, 4.69) is 10.5 Å². The minimum atomic E-state index is -3.48. The lowest BCUT2D eigenvalue weighted by Crippen LogP contribution is -2.30. The summed E-state index contributed by atoms with van der Waals surface area (Å²) >= 11 is 0. The zero-order valence-electron chi connectivity index (χ0n) is 16.4. The number of aryl methyl sites for hydroxylation is 1. The first-order valence-electron chi connectivity index (χ1n) is 9.05. The molecule has 7 nitrogen and oxygen atoms in total. The Labute approximate surface area is 160 Å². The maximum atomic E-state index is 12.5. The summed E-state index contributed by atoms with van der Waals surface area (Å²) in [6, 6.07) is 6.56. The van der Waals surface area contributed by atoms with Crippen molar-refractivity contribution in [1.82, 2.24) is 14.8 Å². The highest BCUT2D eigenvalue weighted by Crippen LogP contribution is 2.22. The van der Waals surface area contributed by atoms with Gasteiger partial charge in [0.05, 0.1) is 10.6 Å². The van der Waals surface area contributed by atoms with Crippen LogP contribution in [0.15, 0.2) is 33.7 Å². The maximum Gasteiger partial charge on any atom is 0.257 e. The van der Waals surface area contributed by atoms with Gasteiger partial charge in [0.2, 0.25) is 10.0 Å². The van der Waals surface area contributed by atoms with Gasteiger partial charge in [-0.15, -0.1) is 0 Å². The van der Waals surface area contributed by atoms with Crippen LogP contribution in [0.5, 0.6) is 0 Å². The van der Waals surface area contributed by atoms with Crippen molar-refractivity contribution >= 4 is 15.9 Å². The predicted octanol–water partition coefficient (Wildman–Crippen LogP) is 3.07. The van der Waals surface area contributed by atoms with E-state index in [0.29, 0.717) is 30.1 Å². The maximum absolute atomic E-state index is 12.5. The smallest absolute Gasteiger partial charge is 0.257 e. The molecule has 2 rings (SSSR count). The molecule has 0 saturated carbocycles. The van der Waals surface area contributed by atoms with Crippen molar-refractivity contribution in [3.8, 4) is 0 Å². The molecule has 1 aromatic carbocycles. The van der Waals surface area contributed by atoms with E-state index in [9.17, 15) is 13.2 Å². The fourth-order valence-electron chi connectivity index (χ4n) is 2.82. The number of carbonyl (C=O) groups is 1. The summed E-state index contributed by atoms with van der Waals surface area (Å²) in [6.45, 7) is 10.4. The molecule has 0 unspecified atom stereocenters. The molecule has 0 aliphatic carbocycles. The number of sulfonamides is 1. The molecule has 27 heavy (non-hydrogen) atoms. The molecule has 1 aromatic heterocycles. The summed E-state index contributed by atoms with van der Waals surface area (Å²) in [4.78, 5) is 12.8. The number of hydrogen-bond donors (Lipinski definition) is 1. The molecule has 2 aromatic rings. The number of nitrogens with zero attached hydrogens (tertiary/aromatic N) is 2. The van der Waals surface area contributed by atoms with E-state index in [-0.39, 0.29) is 23.3 Å². The second-order valence-corrected chi connectivity index (χ2v) is 8.52. The molecule has 1 N–H and O–H groups in total. The van der Waals surface area contributed by atoms with Crippen molar-refractivity contribution < 1.29 is 17.7 Å². The van der Waals surface area contributed by atoms with Crippen LogP contribution in [0.1, 0.15) is 61.0 Å². The van der Waals surface area contributed by atoms with Gasteiger partial charge in [0.1, 0.15) is 5.56 Å². The highest BCUT2D eigenvalue weighted by molar-refractivity contribution is 7.89. The summed E-state index contributed by atoms with van der Waals surface area (Å²) in [6.07, 6.45) is 0. The number of nitrogens with one attached hydrogen (secondary N) is 1. The average Bonchev–Trinajstić information content (AvgIpc) is 3.03. The molecule has 0 saturated heterocycles. The third-order valence-electron chi connectivity index (χ3n) is 4.36. The Hall–Kier alpha value is -2.19. The van der Waals surface area contributed by atoms with Gasteiger partial charge in [-0.05, 0) is 24.6 Å². The Morgan fingerprint density at radius 2 is 1.78 bits per heavy atom. The number of hydrogen-bond acceptors (Lipinski definition) is 5. The molecule has 1 amide bonds. The number of benzene rings is 1. The zero-order chi connectivity index (χ0) is 20.2. The minimum Gasteiger partial charge on any atom is -0.360 e. The van der Waals surface area contributed by atoms with Crippen LogP contribution in [0.2, 0.25) is 0 Å². The Bertz CT molecular complexity index is 882. The third-order valence-corrected chi connectivity index (χ3v) is 6.42. The van der Waals surface area contributed by atoms with Crippen molar-refractivity contribution in [3.63, 3.8) is 0 Å². The van der Waals surface area contributed by atoms with Crippen molar-refractivity contribution in [2.75, 3.05) is 13.1 Å². The molecular weight excluding hydrogens is 366 g/mol. The van der Waals surface area contributed by atoms with Crippen LogP contribution in [0.4, 0.5) is 0 Å². The second kappa shape index (κ2) is 8.67. The summed E-state index contributed by atoms with van der Waals surface area (Å²) in [5.74, 6) is 0.361. The first-order valence-corrected chi connectivity index (χ1v) is 10.5. The first-order chi connectivity index (χ1) is 12.7. The molecule has 0 aliphatic rings. The summed E-state index contributed by atoms with van der Waals surface area (Å²) in [7, 11) is -3.48. The van der Waals surface area contributed by atoms with Crippen LogP contribution >= 0.6 is 0 Å². The standard InChI is InChI=1S/C19H27N3O4S/c1-6-22(7-2)27(24,25)16-10-8-15(9-11-16)12-20-19(23)17-14(5)21-26-18(17)13(3)4/h8-11,13H,6-7,12H2,1-5H3,(H,20,23). The van der Waals surface area contributed by atoms with Crippen LogP contribution in [0.3, 0.4) is 0 Å². The van der Waals surface area contributed by atoms with E-state index in [0.717, 1.165) is 5.56 Å². The van der Waals surface area contributed by atoms with Crippen LogP contribution < -0.4 is 5.32 Å². The van der Waals surface area contributed by atoms with E-state index in [1.807, 2.05) is 27.7 Å². The van der Waals surface area contributed by atoms with Gasteiger partial charge >= 0.3 is 0 Å². The van der Waals surface area contributed by atoms with Crippen LogP contribution in [0, 0.1) is 6.92 Å². The van der Waals surface area contributed by atoms with Gasteiger partial charge in [-0.3, -0.25) is 4.79 Å². The quantitative estimate of drug-likeness (QED) is 0.744. The van der Waals surface area contributed by atoms with Gasteiger partial charge in [-0.2, -0.15) is 4.31 Å². The summed E-state index contributed by atoms with van der Waals surface area (Å²) < 4.78 is 31.7. The first kappa shape index (κ1) is 21.1. The molecule has 148 valence electrons. The Balaban J connectivity index is 2.10. The van der Waals surface area contributed by atoms with Crippen LogP contribution in [0.25, 0.3) is 0 Å². The van der Waals surface area contributed by atoms with Crippen molar-refractivity contribution in [2.24, 2.45) is 0 Å². The van der Waals surface area contributed by atoms with Crippen LogP contribution in [-0.4, -0.2) is 36.9 Å². The number of aromatic nitrogens is 1. The van der Waals surface area contributed by atoms with E-state index >= 15 is 0 Å². The van der Waals surface area contributed by atoms with Gasteiger partial charge in [0.15, 0.2) is 5.76 Å². The number of rotatable bonds is 8. The number of amides is 1. The van der Waals surface area contributed by atoms with Crippen molar-refractivity contribution in [2.45, 2.75) is 52.0 Å². The molecule has 0 spiro atoms. The molecule has 8 heteroatoms. The van der Waals surface area contributed by atoms with E-state index in [4.69, 9.17) is 4.52 Å². The van der Waals surface area contributed by atoms with Gasteiger partial charge in [0, 0.05) is 25.6 Å².